The molecular weight excluding hydrogens is 449 g/mol. The molecule has 0 atom stereocenters. The number of anilines is 1. The summed E-state index contributed by atoms with van der Waals surface area (Å²) >= 11 is 0. The third kappa shape index (κ3) is 4.61. The molecule has 0 aliphatic heterocycles. The maximum atomic E-state index is 13.3. The van der Waals surface area contributed by atoms with Crippen LogP contribution in [0.25, 0.3) is 5.69 Å². The molecule has 1 fully saturated rings. The standard InChI is InChI=1S/C24H23F3N4O3/c1-34-18-9-7-17(8-10-18)31-19(13-20(30-31)24(25,26)27)22(33)29-16-5-3-15(4-6-16)23(11-2-12-23)14-21(28)32/h3-10,13H,2,11-12,14H2,1H3,(H2,28,32)(H,29,33). The minimum absolute atomic E-state index is 0.250. The van der Waals surface area contributed by atoms with Crippen LogP contribution in [0, 0.1) is 0 Å². The molecule has 178 valence electrons. The summed E-state index contributed by atoms with van der Waals surface area (Å²) in [6, 6.07) is 13.8. The lowest BCUT2D eigenvalue weighted by Crippen LogP contribution is -2.38. The Bertz CT molecular complexity index is 1200. The van der Waals surface area contributed by atoms with Crippen LogP contribution in [0.15, 0.2) is 54.6 Å². The van der Waals surface area contributed by atoms with Crippen LogP contribution in [0.2, 0.25) is 0 Å². The van der Waals surface area contributed by atoms with E-state index in [9.17, 15) is 22.8 Å². The van der Waals surface area contributed by atoms with Gasteiger partial charge < -0.3 is 15.8 Å². The SMILES string of the molecule is COc1ccc(-n2nc(C(F)(F)F)cc2C(=O)Nc2ccc(C3(CC(N)=O)CCC3)cc2)cc1. The van der Waals surface area contributed by atoms with Crippen molar-refractivity contribution in [1.29, 1.82) is 0 Å². The number of halogens is 3. The van der Waals surface area contributed by atoms with E-state index in [0.717, 1.165) is 29.5 Å². The Morgan fingerprint density at radius 1 is 1.12 bits per heavy atom. The van der Waals surface area contributed by atoms with Crippen LogP contribution in [0.5, 0.6) is 5.75 Å². The topological polar surface area (TPSA) is 99.2 Å². The zero-order valence-corrected chi connectivity index (χ0v) is 18.4. The third-order valence-electron chi connectivity index (χ3n) is 6.13. The molecule has 1 saturated carbocycles. The average molecular weight is 472 g/mol. The largest absolute Gasteiger partial charge is 0.497 e. The van der Waals surface area contributed by atoms with Gasteiger partial charge in [0.25, 0.3) is 5.91 Å². The molecule has 0 bridgehead atoms. The Morgan fingerprint density at radius 3 is 2.26 bits per heavy atom. The molecular formula is C24H23F3N4O3. The predicted octanol–water partition coefficient (Wildman–Crippen LogP) is 4.45. The number of ether oxygens (including phenoxy) is 1. The smallest absolute Gasteiger partial charge is 0.435 e. The number of rotatable bonds is 7. The summed E-state index contributed by atoms with van der Waals surface area (Å²) in [5.41, 5.74) is 5.28. The first-order valence-corrected chi connectivity index (χ1v) is 10.6. The van der Waals surface area contributed by atoms with E-state index in [-0.39, 0.29) is 29.1 Å². The number of hydrogen-bond donors (Lipinski definition) is 2. The molecule has 34 heavy (non-hydrogen) atoms. The number of benzene rings is 2. The summed E-state index contributed by atoms with van der Waals surface area (Å²) in [5, 5.41) is 6.24. The first-order chi connectivity index (χ1) is 16.1. The van der Waals surface area contributed by atoms with Crippen LogP contribution in [-0.2, 0) is 16.4 Å². The first kappa shape index (κ1) is 23.3. The highest BCUT2D eigenvalue weighted by Gasteiger charge is 2.40. The highest BCUT2D eigenvalue weighted by Crippen LogP contribution is 2.46. The van der Waals surface area contributed by atoms with Crippen molar-refractivity contribution in [3.63, 3.8) is 0 Å². The number of nitrogens with zero attached hydrogens (tertiary/aromatic N) is 2. The summed E-state index contributed by atoms with van der Waals surface area (Å²) in [6.07, 6.45) is -1.76. The number of primary amides is 1. The number of aromatic nitrogens is 2. The highest BCUT2D eigenvalue weighted by atomic mass is 19.4. The second-order valence-corrected chi connectivity index (χ2v) is 8.33. The van der Waals surface area contributed by atoms with E-state index in [1.807, 2.05) is 0 Å². The molecule has 1 aromatic heterocycles. The molecule has 0 unspecified atom stereocenters. The van der Waals surface area contributed by atoms with Gasteiger partial charge in [-0.15, -0.1) is 0 Å². The summed E-state index contributed by atoms with van der Waals surface area (Å²) in [6.45, 7) is 0. The van der Waals surface area contributed by atoms with E-state index in [2.05, 4.69) is 10.4 Å². The lowest BCUT2D eigenvalue weighted by molar-refractivity contribution is -0.141. The van der Waals surface area contributed by atoms with Gasteiger partial charge in [-0.05, 0) is 54.8 Å². The molecule has 0 saturated heterocycles. The molecule has 1 heterocycles. The van der Waals surface area contributed by atoms with Gasteiger partial charge in [-0.2, -0.15) is 18.3 Å². The lowest BCUT2D eigenvalue weighted by atomic mass is 9.62. The van der Waals surface area contributed by atoms with E-state index in [1.54, 1.807) is 36.4 Å². The Balaban J connectivity index is 1.60. The van der Waals surface area contributed by atoms with Crippen molar-refractivity contribution in [1.82, 2.24) is 9.78 Å². The van der Waals surface area contributed by atoms with Crippen LogP contribution < -0.4 is 15.8 Å². The zero-order chi connectivity index (χ0) is 24.5. The summed E-state index contributed by atoms with van der Waals surface area (Å²) in [7, 11) is 1.47. The van der Waals surface area contributed by atoms with Gasteiger partial charge >= 0.3 is 6.18 Å². The minimum Gasteiger partial charge on any atom is -0.497 e. The predicted molar refractivity (Wildman–Crippen MR) is 119 cm³/mol. The molecule has 1 aliphatic rings. The molecule has 3 aromatic rings. The third-order valence-corrected chi connectivity index (χ3v) is 6.13. The lowest BCUT2D eigenvalue weighted by Gasteiger charge is -2.41. The van der Waals surface area contributed by atoms with Gasteiger partial charge in [-0.25, -0.2) is 4.68 Å². The van der Waals surface area contributed by atoms with Gasteiger partial charge in [0, 0.05) is 23.6 Å². The van der Waals surface area contributed by atoms with Crippen molar-refractivity contribution >= 4 is 17.5 Å². The van der Waals surface area contributed by atoms with Crippen LogP contribution in [0.4, 0.5) is 18.9 Å². The molecule has 0 spiro atoms. The van der Waals surface area contributed by atoms with Crippen LogP contribution in [0.3, 0.4) is 0 Å². The molecule has 2 amide bonds. The van der Waals surface area contributed by atoms with Gasteiger partial charge in [0.15, 0.2) is 5.69 Å². The number of alkyl halides is 3. The van der Waals surface area contributed by atoms with Gasteiger partial charge in [-0.1, -0.05) is 18.6 Å². The average Bonchev–Trinajstić information content (AvgIpc) is 3.23. The van der Waals surface area contributed by atoms with Gasteiger partial charge in [0.2, 0.25) is 5.91 Å². The first-order valence-electron chi connectivity index (χ1n) is 10.6. The number of carbonyl (C=O) groups excluding carboxylic acids is 2. The zero-order valence-electron chi connectivity index (χ0n) is 18.4. The molecule has 2 aromatic carbocycles. The van der Waals surface area contributed by atoms with Crippen LogP contribution in [0.1, 0.15) is 47.4 Å². The van der Waals surface area contributed by atoms with E-state index in [4.69, 9.17) is 10.5 Å². The van der Waals surface area contributed by atoms with Gasteiger partial charge in [0.05, 0.1) is 12.8 Å². The summed E-state index contributed by atoms with van der Waals surface area (Å²) in [5.74, 6) is -0.606. The normalized spacial score (nSPS) is 14.8. The van der Waals surface area contributed by atoms with E-state index in [1.165, 1.54) is 19.2 Å². The minimum atomic E-state index is -4.72. The van der Waals surface area contributed by atoms with Crippen LogP contribution >= 0.6 is 0 Å². The monoisotopic (exact) mass is 472 g/mol. The highest BCUT2D eigenvalue weighted by molar-refractivity contribution is 6.03. The second-order valence-electron chi connectivity index (χ2n) is 8.33. The quantitative estimate of drug-likeness (QED) is 0.531. The fourth-order valence-electron chi connectivity index (χ4n) is 4.21. The Kier molecular flexibility index (Phi) is 6.07. The Morgan fingerprint density at radius 2 is 1.76 bits per heavy atom. The number of methoxy groups -OCH3 is 1. The number of nitrogens with two attached hydrogens (primary N) is 1. The van der Waals surface area contributed by atoms with Crippen molar-refractivity contribution in [3.05, 3.63) is 71.5 Å². The van der Waals surface area contributed by atoms with Crippen molar-refractivity contribution in [2.24, 2.45) is 5.73 Å². The maximum Gasteiger partial charge on any atom is 0.435 e. The second kappa shape index (κ2) is 8.85. The fraction of sp³-hybridized carbons (Fsp3) is 0.292. The fourth-order valence-corrected chi connectivity index (χ4v) is 4.21. The summed E-state index contributed by atoms with van der Waals surface area (Å²) < 4.78 is 46.0. The van der Waals surface area contributed by atoms with Gasteiger partial charge in [0.1, 0.15) is 11.4 Å². The number of nitrogens with one attached hydrogen (secondary N) is 1. The Labute approximate surface area is 193 Å². The van der Waals surface area contributed by atoms with Crippen molar-refractivity contribution in [2.45, 2.75) is 37.3 Å². The van der Waals surface area contributed by atoms with E-state index in [0.29, 0.717) is 17.5 Å². The number of carbonyl (C=O) groups is 2. The van der Waals surface area contributed by atoms with Crippen molar-refractivity contribution < 1.29 is 27.5 Å². The molecule has 1 aliphatic carbocycles. The number of amides is 2. The van der Waals surface area contributed by atoms with Crippen molar-refractivity contribution in [3.8, 4) is 11.4 Å². The molecule has 10 heteroatoms. The van der Waals surface area contributed by atoms with E-state index >= 15 is 0 Å². The Hall–Kier alpha value is -3.82. The molecule has 7 nitrogen and oxygen atoms in total. The maximum absolute atomic E-state index is 13.3. The molecule has 4 rings (SSSR count). The number of hydrogen-bond acceptors (Lipinski definition) is 4. The van der Waals surface area contributed by atoms with E-state index < -0.39 is 17.8 Å². The molecule has 0 radical (unpaired) electrons. The molecule has 3 N–H and O–H groups in total. The summed E-state index contributed by atoms with van der Waals surface area (Å²) in [4.78, 5) is 24.4. The van der Waals surface area contributed by atoms with Gasteiger partial charge in [-0.3, -0.25) is 9.59 Å². The van der Waals surface area contributed by atoms with Crippen LogP contribution in [-0.4, -0.2) is 28.7 Å². The van der Waals surface area contributed by atoms with Crippen molar-refractivity contribution in [2.75, 3.05) is 12.4 Å².